The Kier molecular flexibility index (Phi) is 5.91. The number of hydrogen-bond acceptors (Lipinski definition) is 4. The number of nitrogens with zero attached hydrogens (tertiary/aromatic N) is 1. The topological polar surface area (TPSA) is 64.8 Å². The van der Waals surface area contributed by atoms with E-state index < -0.39 is 0 Å². The summed E-state index contributed by atoms with van der Waals surface area (Å²) in [6, 6.07) is 3.34. The van der Waals surface area contributed by atoms with Crippen molar-refractivity contribution in [2.24, 2.45) is 11.7 Å². The lowest BCUT2D eigenvalue weighted by molar-refractivity contribution is 0.0787. The quantitative estimate of drug-likeness (QED) is 0.872. The average Bonchev–Trinajstić information content (AvgIpc) is 3.01. The Hall–Kier alpha value is -1.46. The largest absolute Gasteiger partial charge is 0.493 e. The van der Waals surface area contributed by atoms with Gasteiger partial charge >= 0.3 is 0 Å². The van der Waals surface area contributed by atoms with Gasteiger partial charge in [-0.25, -0.2) is 0 Å². The highest BCUT2D eigenvalue weighted by Crippen LogP contribution is 2.37. The number of ether oxygens (including phenoxy) is 2. The molecule has 1 aromatic rings. The van der Waals surface area contributed by atoms with Gasteiger partial charge in [0.1, 0.15) is 0 Å². The predicted octanol–water partition coefficient (Wildman–Crippen LogP) is 2.56. The standard InChI is InChI=1S/C16H23ClN2O3/c1-3-6-22-15-13(17)7-12(8-14(15)21-2)16(20)19-5-4-11(9-18)10-19/h7-8,11H,3-6,9-10,18H2,1-2H3. The molecule has 0 aromatic heterocycles. The molecule has 5 nitrogen and oxygen atoms in total. The molecule has 1 aliphatic rings. The van der Waals surface area contributed by atoms with Crippen LogP contribution < -0.4 is 15.2 Å². The van der Waals surface area contributed by atoms with E-state index in [0.29, 0.717) is 47.7 Å². The summed E-state index contributed by atoms with van der Waals surface area (Å²) in [6.07, 6.45) is 1.82. The second kappa shape index (κ2) is 7.70. The van der Waals surface area contributed by atoms with Crippen LogP contribution in [-0.4, -0.2) is 44.2 Å². The van der Waals surface area contributed by atoms with Gasteiger partial charge < -0.3 is 20.1 Å². The molecule has 1 unspecified atom stereocenters. The van der Waals surface area contributed by atoms with Crippen LogP contribution in [0.5, 0.6) is 11.5 Å². The van der Waals surface area contributed by atoms with Gasteiger partial charge in [0.25, 0.3) is 5.91 Å². The lowest BCUT2D eigenvalue weighted by Crippen LogP contribution is -2.29. The molecule has 0 radical (unpaired) electrons. The van der Waals surface area contributed by atoms with Gasteiger partial charge in [-0.05, 0) is 37.4 Å². The summed E-state index contributed by atoms with van der Waals surface area (Å²) in [5, 5.41) is 0.394. The van der Waals surface area contributed by atoms with Crippen LogP contribution >= 0.6 is 11.6 Å². The molecule has 22 heavy (non-hydrogen) atoms. The zero-order valence-electron chi connectivity index (χ0n) is 13.1. The number of halogens is 1. The van der Waals surface area contributed by atoms with E-state index in [1.165, 1.54) is 0 Å². The first-order valence-corrected chi connectivity index (χ1v) is 7.98. The first kappa shape index (κ1) is 16.9. The zero-order valence-corrected chi connectivity index (χ0v) is 13.9. The third-order valence-corrected chi connectivity index (χ3v) is 4.11. The number of hydrogen-bond donors (Lipinski definition) is 1. The van der Waals surface area contributed by atoms with E-state index >= 15 is 0 Å². The average molecular weight is 327 g/mol. The zero-order chi connectivity index (χ0) is 16.1. The monoisotopic (exact) mass is 326 g/mol. The van der Waals surface area contributed by atoms with Crippen molar-refractivity contribution in [3.05, 3.63) is 22.7 Å². The van der Waals surface area contributed by atoms with E-state index in [1.807, 2.05) is 11.8 Å². The summed E-state index contributed by atoms with van der Waals surface area (Å²) < 4.78 is 10.9. The maximum Gasteiger partial charge on any atom is 0.254 e. The van der Waals surface area contributed by atoms with Gasteiger partial charge in [0.2, 0.25) is 0 Å². The van der Waals surface area contributed by atoms with E-state index in [4.69, 9.17) is 26.8 Å². The number of carbonyl (C=O) groups excluding carboxylic acids is 1. The Morgan fingerprint density at radius 1 is 1.50 bits per heavy atom. The number of rotatable bonds is 6. The molecule has 1 aliphatic heterocycles. The van der Waals surface area contributed by atoms with Crippen LogP contribution in [0.25, 0.3) is 0 Å². The maximum absolute atomic E-state index is 12.6. The van der Waals surface area contributed by atoms with Crippen molar-refractivity contribution in [1.82, 2.24) is 4.90 Å². The number of carbonyl (C=O) groups is 1. The summed E-state index contributed by atoms with van der Waals surface area (Å²) in [5.41, 5.74) is 6.19. The Balaban J connectivity index is 2.21. The number of methoxy groups -OCH3 is 1. The van der Waals surface area contributed by atoms with E-state index in [-0.39, 0.29) is 5.91 Å². The van der Waals surface area contributed by atoms with Gasteiger partial charge in [-0.15, -0.1) is 0 Å². The Morgan fingerprint density at radius 2 is 2.27 bits per heavy atom. The molecule has 1 amide bonds. The molecule has 1 heterocycles. The summed E-state index contributed by atoms with van der Waals surface area (Å²) >= 11 is 6.26. The minimum atomic E-state index is -0.0433. The normalized spacial score (nSPS) is 17.6. The molecule has 122 valence electrons. The summed E-state index contributed by atoms with van der Waals surface area (Å²) in [7, 11) is 1.54. The van der Waals surface area contributed by atoms with Crippen LogP contribution in [0, 0.1) is 5.92 Å². The van der Waals surface area contributed by atoms with E-state index in [9.17, 15) is 4.79 Å². The number of nitrogens with two attached hydrogens (primary N) is 1. The fourth-order valence-electron chi connectivity index (χ4n) is 2.58. The van der Waals surface area contributed by atoms with Gasteiger partial charge in [0.05, 0.1) is 18.7 Å². The Labute approximate surface area is 136 Å². The van der Waals surface area contributed by atoms with Crippen LogP contribution in [0.4, 0.5) is 0 Å². The van der Waals surface area contributed by atoms with E-state index in [2.05, 4.69) is 0 Å². The molecule has 1 saturated heterocycles. The molecule has 1 aromatic carbocycles. The fourth-order valence-corrected chi connectivity index (χ4v) is 2.84. The van der Waals surface area contributed by atoms with Gasteiger partial charge in [-0.3, -0.25) is 4.79 Å². The predicted molar refractivity (Wildman–Crippen MR) is 86.9 cm³/mol. The second-order valence-corrected chi connectivity index (χ2v) is 5.89. The number of amides is 1. The van der Waals surface area contributed by atoms with Crippen molar-refractivity contribution >= 4 is 17.5 Å². The maximum atomic E-state index is 12.6. The summed E-state index contributed by atoms with van der Waals surface area (Å²) in [6.45, 7) is 4.60. The molecular formula is C16H23ClN2O3. The van der Waals surface area contributed by atoms with Crippen LogP contribution in [0.1, 0.15) is 30.1 Å². The third kappa shape index (κ3) is 3.65. The van der Waals surface area contributed by atoms with Crippen molar-refractivity contribution in [1.29, 1.82) is 0 Å². The molecule has 6 heteroatoms. The van der Waals surface area contributed by atoms with Gasteiger partial charge in [0.15, 0.2) is 11.5 Å². The molecule has 0 bridgehead atoms. The molecule has 2 N–H and O–H groups in total. The van der Waals surface area contributed by atoms with Crippen molar-refractivity contribution < 1.29 is 14.3 Å². The molecule has 1 atom stereocenters. The summed E-state index contributed by atoms with van der Waals surface area (Å²) in [5.74, 6) is 1.31. The highest BCUT2D eigenvalue weighted by Gasteiger charge is 2.27. The van der Waals surface area contributed by atoms with Gasteiger partial charge in [0, 0.05) is 18.7 Å². The first-order valence-electron chi connectivity index (χ1n) is 7.60. The van der Waals surface area contributed by atoms with Crippen LogP contribution in [-0.2, 0) is 0 Å². The van der Waals surface area contributed by atoms with E-state index in [0.717, 1.165) is 19.4 Å². The second-order valence-electron chi connectivity index (χ2n) is 5.48. The molecular weight excluding hydrogens is 304 g/mol. The molecule has 1 fully saturated rings. The number of benzene rings is 1. The van der Waals surface area contributed by atoms with Crippen LogP contribution in [0.2, 0.25) is 5.02 Å². The van der Waals surface area contributed by atoms with E-state index in [1.54, 1.807) is 19.2 Å². The highest BCUT2D eigenvalue weighted by molar-refractivity contribution is 6.32. The minimum Gasteiger partial charge on any atom is -0.493 e. The van der Waals surface area contributed by atoms with Gasteiger partial charge in [-0.2, -0.15) is 0 Å². The van der Waals surface area contributed by atoms with Crippen molar-refractivity contribution in [2.45, 2.75) is 19.8 Å². The fraction of sp³-hybridized carbons (Fsp3) is 0.562. The smallest absolute Gasteiger partial charge is 0.254 e. The molecule has 0 spiro atoms. The molecule has 0 saturated carbocycles. The molecule has 2 rings (SSSR count). The minimum absolute atomic E-state index is 0.0433. The van der Waals surface area contributed by atoms with Crippen LogP contribution in [0.3, 0.4) is 0 Å². The summed E-state index contributed by atoms with van der Waals surface area (Å²) in [4.78, 5) is 14.4. The lowest BCUT2D eigenvalue weighted by Gasteiger charge is -2.18. The number of likely N-dealkylation sites (tertiary alicyclic amines) is 1. The Morgan fingerprint density at radius 3 is 2.86 bits per heavy atom. The van der Waals surface area contributed by atoms with Crippen molar-refractivity contribution in [3.63, 3.8) is 0 Å². The Bertz CT molecular complexity index is 536. The van der Waals surface area contributed by atoms with Crippen molar-refractivity contribution in [3.8, 4) is 11.5 Å². The van der Waals surface area contributed by atoms with Crippen molar-refractivity contribution in [2.75, 3.05) is 33.4 Å². The van der Waals surface area contributed by atoms with Gasteiger partial charge in [-0.1, -0.05) is 18.5 Å². The molecule has 0 aliphatic carbocycles. The first-order chi connectivity index (χ1) is 10.6. The lowest BCUT2D eigenvalue weighted by atomic mass is 10.1. The third-order valence-electron chi connectivity index (χ3n) is 3.83. The SMILES string of the molecule is CCCOc1c(Cl)cc(C(=O)N2CCC(CN)C2)cc1OC. The highest BCUT2D eigenvalue weighted by atomic mass is 35.5. The van der Waals surface area contributed by atoms with Crippen LogP contribution in [0.15, 0.2) is 12.1 Å².